The van der Waals surface area contributed by atoms with Crippen LogP contribution in [-0.4, -0.2) is 25.8 Å². The summed E-state index contributed by atoms with van der Waals surface area (Å²) in [5.41, 5.74) is 5.48. The third-order valence-electron chi connectivity index (χ3n) is 3.50. The fraction of sp³-hybridized carbons (Fsp3) is 0.500. The van der Waals surface area contributed by atoms with Gasteiger partial charge in [0.05, 0.1) is 13.2 Å². The summed E-state index contributed by atoms with van der Waals surface area (Å²) in [6.45, 7) is 9.21. The Labute approximate surface area is 110 Å². The van der Waals surface area contributed by atoms with Crippen LogP contribution >= 0.6 is 0 Å². The Morgan fingerprint density at radius 1 is 1.39 bits per heavy atom. The molecule has 1 unspecified atom stereocenters. The van der Waals surface area contributed by atoms with Crippen molar-refractivity contribution in [3.63, 3.8) is 0 Å². The summed E-state index contributed by atoms with van der Waals surface area (Å²) in [6, 6.07) is 6.94. The minimum Gasteiger partial charge on any atom is -0.379 e. The lowest BCUT2D eigenvalue weighted by Gasteiger charge is -2.24. The molecule has 0 aliphatic carbocycles. The SMILES string of the molecule is C/C(=C/c1c(C)cccc1C)CC1COCCN1. The predicted octanol–water partition coefficient (Wildman–Crippen LogP) is 3.09. The lowest BCUT2D eigenvalue weighted by atomic mass is 9.98. The molecule has 1 aliphatic rings. The molecule has 2 nitrogen and oxygen atoms in total. The first-order valence-corrected chi connectivity index (χ1v) is 6.71. The second-order valence-corrected chi connectivity index (χ2v) is 5.23. The number of ether oxygens (including phenoxy) is 1. The summed E-state index contributed by atoms with van der Waals surface area (Å²) in [4.78, 5) is 0. The van der Waals surface area contributed by atoms with Gasteiger partial charge in [0.15, 0.2) is 0 Å². The molecule has 0 saturated carbocycles. The zero-order valence-electron chi connectivity index (χ0n) is 11.6. The molecule has 1 N–H and O–H groups in total. The molecule has 1 aromatic rings. The topological polar surface area (TPSA) is 21.3 Å². The molecule has 0 spiro atoms. The van der Waals surface area contributed by atoms with E-state index in [1.807, 2.05) is 0 Å². The summed E-state index contributed by atoms with van der Waals surface area (Å²) in [5.74, 6) is 0. The summed E-state index contributed by atoms with van der Waals surface area (Å²) in [7, 11) is 0. The Morgan fingerprint density at radius 3 is 2.72 bits per heavy atom. The third-order valence-corrected chi connectivity index (χ3v) is 3.50. The van der Waals surface area contributed by atoms with E-state index in [4.69, 9.17) is 4.74 Å². The van der Waals surface area contributed by atoms with Gasteiger partial charge < -0.3 is 10.1 Å². The van der Waals surface area contributed by atoms with E-state index in [-0.39, 0.29) is 0 Å². The molecular formula is C16H23NO. The van der Waals surface area contributed by atoms with Crippen molar-refractivity contribution in [2.75, 3.05) is 19.8 Å². The quantitative estimate of drug-likeness (QED) is 0.883. The summed E-state index contributed by atoms with van der Waals surface area (Å²) < 4.78 is 5.49. The number of morpholine rings is 1. The van der Waals surface area contributed by atoms with Crippen LogP contribution < -0.4 is 5.32 Å². The van der Waals surface area contributed by atoms with E-state index in [1.54, 1.807) is 0 Å². The molecule has 1 aliphatic heterocycles. The van der Waals surface area contributed by atoms with Gasteiger partial charge >= 0.3 is 0 Å². The van der Waals surface area contributed by atoms with Crippen molar-refractivity contribution in [1.82, 2.24) is 5.32 Å². The van der Waals surface area contributed by atoms with Gasteiger partial charge in [-0.05, 0) is 43.9 Å². The Kier molecular flexibility index (Phi) is 4.56. The number of rotatable bonds is 3. The first-order valence-electron chi connectivity index (χ1n) is 6.71. The van der Waals surface area contributed by atoms with Crippen molar-refractivity contribution in [1.29, 1.82) is 0 Å². The molecule has 1 atom stereocenters. The molecule has 2 rings (SSSR count). The Balaban J connectivity index is 2.07. The van der Waals surface area contributed by atoms with Crippen molar-refractivity contribution < 1.29 is 4.74 Å². The lowest BCUT2D eigenvalue weighted by molar-refractivity contribution is 0.0771. The normalized spacial score (nSPS) is 21.1. The number of hydrogen-bond donors (Lipinski definition) is 1. The summed E-state index contributed by atoms with van der Waals surface area (Å²) in [5, 5.41) is 3.50. The number of aryl methyl sites for hydroxylation is 2. The minimum atomic E-state index is 0.472. The van der Waals surface area contributed by atoms with Crippen LogP contribution in [0.5, 0.6) is 0 Å². The second-order valence-electron chi connectivity index (χ2n) is 5.23. The van der Waals surface area contributed by atoms with Crippen LogP contribution in [-0.2, 0) is 4.74 Å². The van der Waals surface area contributed by atoms with Crippen LogP contribution in [0.15, 0.2) is 23.8 Å². The van der Waals surface area contributed by atoms with E-state index < -0.39 is 0 Å². The van der Waals surface area contributed by atoms with Crippen molar-refractivity contribution in [3.8, 4) is 0 Å². The Hall–Kier alpha value is -1.12. The molecule has 1 saturated heterocycles. The molecule has 1 fully saturated rings. The average Bonchev–Trinajstić information content (AvgIpc) is 2.35. The fourth-order valence-electron chi connectivity index (χ4n) is 2.50. The lowest BCUT2D eigenvalue weighted by Crippen LogP contribution is -2.41. The standard InChI is InChI=1S/C16H23NO/c1-12(9-15-11-18-8-7-17-15)10-16-13(2)5-4-6-14(16)3/h4-6,10,15,17H,7-9,11H2,1-3H3/b12-10-. The average molecular weight is 245 g/mol. The van der Waals surface area contributed by atoms with E-state index >= 15 is 0 Å². The number of hydrogen-bond acceptors (Lipinski definition) is 2. The van der Waals surface area contributed by atoms with Gasteiger partial charge in [-0.1, -0.05) is 29.8 Å². The number of nitrogens with one attached hydrogen (secondary N) is 1. The number of benzene rings is 1. The van der Waals surface area contributed by atoms with E-state index in [0.29, 0.717) is 6.04 Å². The van der Waals surface area contributed by atoms with E-state index in [9.17, 15) is 0 Å². The van der Waals surface area contributed by atoms with Crippen molar-refractivity contribution in [2.24, 2.45) is 0 Å². The molecule has 0 amide bonds. The maximum atomic E-state index is 5.49. The predicted molar refractivity (Wildman–Crippen MR) is 76.8 cm³/mol. The maximum Gasteiger partial charge on any atom is 0.0623 e. The fourth-order valence-corrected chi connectivity index (χ4v) is 2.50. The summed E-state index contributed by atoms with van der Waals surface area (Å²) in [6.07, 6.45) is 3.38. The molecule has 98 valence electrons. The van der Waals surface area contributed by atoms with Crippen LogP contribution in [0.2, 0.25) is 0 Å². The molecule has 1 aromatic carbocycles. The van der Waals surface area contributed by atoms with E-state index in [1.165, 1.54) is 22.3 Å². The monoisotopic (exact) mass is 245 g/mol. The Morgan fingerprint density at radius 2 is 2.11 bits per heavy atom. The van der Waals surface area contributed by atoms with Crippen molar-refractivity contribution in [3.05, 3.63) is 40.5 Å². The Bertz CT molecular complexity index is 410. The smallest absolute Gasteiger partial charge is 0.0623 e. The summed E-state index contributed by atoms with van der Waals surface area (Å²) >= 11 is 0. The van der Waals surface area contributed by atoms with Crippen LogP contribution in [0.3, 0.4) is 0 Å². The minimum absolute atomic E-state index is 0.472. The molecule has 1 heterocycles. The van der Waals surface area contributed by atoms with Crippen LogP contribution in [0.4, 0.5) is 0 Å². The van der Waals surface area contributed by atoms with Gasteiger partial charge in [0.2, 0.25) is 0 Å². The zero-order chi connectivity index (χ0) is 13.0. The van der Waals surface area contributed by atoms with Crippen LogP contribution in [0, 0.1) is 13.8 Å². The van der Waals surface area contributed by atoms with Gasteiger partial charge in [-0.25, -0.2) is 0 Å². The van der Waals surface area contributed by atoms with Crippen molar-refractivity contribution in [2.45, 2.75) is 33.2 Å². The largest absolute Gasteiger partial charge is 0.379 e. The second kappa shape index (κ2) is 6.17. The van der Waals surface area contributed by atoms with Gasteiger partial charge in [-0.2, -0.15) is 0 Å². The highest BCUT2D eigenvalue weighted by Crippen LogP contribution is 2.19. The highest BCUT2D eigenvalue weighted by atomic mass is 16.5. The first kappa shape index (κ1) is 13.3. The molecule has 0 radical (unpaired) electrons. The van der Waals surface area contributed by atoms with Gasteiger partial charge in [-0.15, -0.1) is 0 Å². The molecule has 18 heavy (non-hydrogen) atoms. The van der Waals surface area contributed by atoms with Gasteiger partial charge in [0.1, 0.15) is 0 Å². The van der Waals surface area contributed by atoms with Gasteiger partial charge in [0, 0.05) is 12.6 Å². The van der Waals surface area contributed by atoms with E-state index in [2.05, 4.69) is 50.4 Å². The van der Waals surface area contributed by atoms with Crippen molar-refractivity contribution >= 4 is 6.08 Å². The molecule has 0 bridgehead atoms. The molecule has 2 heteroatoms. The van der Waals surface area contributed by atoms with Gasteiger partial charge in [0.25, 0.3) is 0 Å². The van der Waals surface area contributed by atoms with E-state index in [0.717, 1.165) is 26.2 Å². The highest BCUT2D eigenvalue weighted by molar-refractivity contribution is 5.59. The first-order chi connectivity index (χ1) is 8.66. The molecular weight excluding hydrogens is 222 g/mol. The highest BCUT2D eigenvalue weighted by Gasteiger charge is 2.13. The van der Waals surface area contributed by atoms with Crippen LogP contribution in [0.25, 0.3) is 6.08 Å². The zero-order valence-corrected chi connectivity index (χ0v) is 11.6. The maximum absolute atomic E-state index is 5.49. The van der Waals surface area contributed by atoms with Gasteiger partial charge in [-0.3, -0.25) is 0 Å². The molecule has 0 aromatic heterocycles. The third kappa shape index (κ3) is 3.44. The van der Waals surface area contributed by atoms with Crippen LogP contribution in [0.1, 0.15) is 30.0 Å².